The van der Waals surface area contributed by atoms with Crippen LogP contribution < -0.4 is 0 Å². The number of fused-ring (bicyclic) bond motifs is 7. The smallest absolute Gasteiger partial charge is 0.00137 e. The van der Waals surface area contributed by atoms with Gasteiger partial charge in [0.15, 0.2) is 0 Å². The van der Waals surface area contributed by atoms with Gasteiger partial charge in [-0.25, -0.2) is 0 Å². The third-order valence-corrected chi connectivity index (χ3v) is 12.8. The van der Waals surface area contributed by atoms with Crippen molar-refractivity contribution in [2.24, 2.45) is 0 Å². The molecule has 0 saturated carbocycles. The van der Waals surface area contributed by atoms with E-state index in [2.05, 4.69) is 243 Å². The summed E-state index contributed by atoms with van der Waals surface area (Å²) in [4.78, 5) is 0. The van der Waals surface area contributed by atoms with Crippen LogP contribution in [0.3, 0.4) is 0 Å². The fraction of sp³-hybridized carbons (Fsp3) is 0. The first-order valence-electron chi connectivity index (χ1n) is 21.5. The van der Waals surface area contributed by atoms with Crippen LogP contribution in [-0.2, 0) is 0 Å². The summed E-state index contributed by atoms with van der Waals surface area (Å²) in [6.45, 7) is 0. The maximum absolute atomic E-state index is 2.37. The zero-order valence-electron chi connectivity index (χ0n) is 34.1. The van der Waals surface area contributed by atoms with E-state index in [-0.39, 0.29) is 0 Å². The quantitative estimate of drug-likeness (QED) is 0.134. The molecule has 0 heterocycles. The third kappa shape index (κ3) is 5.99. The minimum Gasteiger partial charge on any atom is -0.0616 e. The van der Waals surface area contributed by atoms with Gasteiger partial charge in [0, 0.05) is 0 Å². The molecule has 15 rings (SSSR count). The number of benzene rings is 14. The Hall–Kier alpha value is -8.06. The van der Waals surface area contributed by atoms with Gasteiger partial charge < -0.3 is 0 Å². The molecule has 0 radical (unpaired) electrons. The fourth-order valence-corrected chi connectivity index (χ4v) is 10.00. The van der Waals surface area contributed by atoms with Crippen LogP contribution in [0.1, 0.15) is 0 Å². The topological polar surface area (TPSA) is 0 Å². The summed E-state index contributed by atoms with van der Waals surface area (Å²) in [6, 6.07) is 86.8. The van der Waals surface area contributed by atoms with Gasteiger partial charge in [-0.3, -0.25) is 0 Å². The van der Waals surface area contributed by atoms with Gasteiger partial charge in [0.25, 0.3) is 0 Å². The summed E-state index contributed by atoms with van der Waals surface area (Å²) < 4.78 is 0. The Labute approximate surface area is 360 Å². The van der Waals surface area contributed by atoms with Crippen LogP contribution in [0.2, 0.25) is 0 Å². The van der Waals surface area contributed by atoms with Gasteiger partial charge in [-0.2, -0.15) is 0 Å². The molecule has 0 heteroatoms. The molecule has 0 bridgehead atoms. The monoisotopic (exact) mass is 784 g/mol. The van der Waals surface area contributed by atoms with Crippen LogP contribution >= 0.6 is 0 Å². The van der Waals surface area contributed by atoms with E-state index in [1.165, 1.54) is 119 Å². The molecule has 1 aliphatic rings. The Morgan fingerprint density at radius 2 is 0.452 bits per heavy atom. The predicted molar refractivity (Wildman–Crippen MR) is 270 cm³/mol. The highest BCUT2D eigenvalue weighted by molar-refractivity contribution is 6.32. The third-order valence-electron chi connectivity index (χ3n) is 12.8. The van der Waals surface area contributed by atoms with Gasteiger partial charge in [0.1, 0.15) is 0 Å². The highest BCUT2D eigenvalue weighted by atomic mass is 14.3. The van der Waals surface area contributed by atoms with E-state index in [4.69, 9.17) is 0 Å². The molecule has 14 aromatic carbocycles. The van der Waals surface area contributed by atoms with Gasteiger partial charge >= 0.3 is 0 Å². The Morgan fingerprint density at radius 3 is 0.919 bits per heavy atom. The van der Waals surface area contributed by atoms with Crippen molar-refractivity contribution in [3.05, 3.63) is 243 Å². The zero-order chi connectivity index (χ0) is 41.0. The van der Waals surface area contributed by atoms with Crippen molar-refractivity contribution in [1.29, 1.82) is 0 Å². The molecule has 0 spiro atoms. The molecule has 0 N–H and O–H groups in total. The molecular formula is C62H40. The standard InChI is InChI=1S/C22H12.C16H10.C14H10.C10H8/c1-2-7-17-16(6-1)18-11-10-14-9-8-13-4-3-5-15-12-19(17)22(18)21(14)20(13)15;1-3-11-7-9-13-5-2-6-14-10-8-12(4-1)15(11)16(13)14;1-3-7-13-11(5-1)9-10-12-6-2-4-8-14(12)13;1-2-6-10-8-4-3-7-9(10)5-1/h1-12H;1-10H;1-10H;1-8H. The number of hydrogen-bond donors (Lipinski definition) is 0. The molecule has 0 aromatic heterocycles. The molecular weight excluding hydrogens is 745 g/mol. The van der Waals surface area contributed by atoms with E-state index in [1.54, 1.807) is 0 Å². The van der Waals surface area contributed by atoms with Crippen molar-refractivity contribution in [3.8, 4) is 22.3 Å². The molecule has 0 nitrogen and oxygen atoms in total. The summed E-state index contributed by atoms with van der Waals surface area (Å²) in [6.07, 6.45) is 0. The van der Waals surface area contributed by atoms with Gasteiger partial charge in [-0.05, 0) is 125 Å². The second kappa shape index (κ2) is 14.9. The van der Waals surface area contributed by atoms with Crippen LogP contribution in [-0.4, -0.2) is 0 Å². The van der Waals surface area contributed by atoms with E-state index < -0.39 is 0 Å². The largest absolute Gasteiger partial charge is 0.0616 e. The van der Waals surface area contributed by atoms with Crippen molar-refractivity contribution in [3.63, 3.8) is 0 Å². The predicted octanol–water partition coefficient (Wildman–Crippen LogP) is 17.6. The van der Waals surface area contributed by atoms with E-state index in [0.717, 1.165) is 0 Å². The molecule has 1 aliphatic carbocycles. The van der Waals surface area contributed by atoms with Crippen molar-refractivity contribution in [2.75, 3.05) is 0 Å². The number of hydrogen-bond acceptors (Lipinski definition) is 0. The Kier molecular flexibility index (Phi) is 8.61. The summed E-state index contributed by atoms with van der Waals surface area (Å²) in [5.41, 5.74) is 5.52. The van der Waals surface area contributed by atoms with Crippen LogP contribution in [0.4, 0.5) is 0 Å². The average Bonchev–Trinajstić information content (AvgIpc) is 3.68. The van der Waals surface area contributed by atoms with E-state index in [9.17, 15) is 0 Å². The van der Waals surface area contributed by atoms with Gasteiger partial charge in [0.2, 0.25) is 0 Å². The van der Waals surface area contributed by atoms with Crippen molar-refractivity contribution in [1.82, 2.24) is 0 Å². The second-order valence-corrected chi connectivity index (χ2v) is 16.3. The summed E-state index contributed by atoms with van der Waals surface area (Å²) in [5.74, 6) is 0. The van der Waals surface area contributed by atoms with Crippen molar-refractivity contribution in [2.45, 2.75) is 0 Å². The first-order chi connectivity index (χ1) is 30.8. The summed E-state index contributed by atoms with van der Waals surface area (Å²) in [5, 5.41) is 24.4. The molecule has 0 saturated heterocycles. The maximum atomic E-state index is 2.37. The van der Waals surface area contributed by atoms with Crippen LogP contribution in [0, 0.1) is 0 Å². The molecule has 0 atom stereocenters. The lowest BCUT2D eigenvalue weighted by atomic mass is 9.91. The maximum Gasteiger partial charge on any atom is -0.00137 e. The average molecular weight is 785 g/mol. The lowest BCUT2D eigenvalue weighted by Crippen LogP contribution is -1.85. The van der Waals surface area contributed by atoms with Crippen molar-refractivity contribution >= 4 is 97.0 Å². The minimum atomic E-state index is 1.31. The molecule has 62 heavy (non-hydrogen) atoms. The molecule has 288 valence electrons. The molecule has 0 unspecified atom stereocenters. The minimum absolute atomic E-state index is 1.31. The number of rotatable bonds is 0. The van der Waals surface area contributed by atoms with Crippen LogP contribution in [0.25, 0.3) is 119 Å². The van der Waals surface area contributed by atoms with Crippen LogP contribution in [0.15, 0.2) is 243 Å². The Bertz CT molecular complexity index is 3680. The van der Waals surface area contributed by atoms with Gasteiger partial charge in [-0.15, -0.1) is 0 Å². The normalized spacial score (nSPS) is 11.5. The van der Waals surface area contributed by atoms with E-state index in [1.807, 2.05) is 0 Å². The molecule has 0 fully saturated rings. The summed E-state index contributed by atoms with van der Waals surface area (Å²) in [7, 11) is 0. The molecule has 0 amide bonds. The first-order valence-corrected chi connectivity index (χ1v) is 21.5. The first kappa shape index (κ1) is 35.8. The molecule has 14 aromatic rings. The highest BCUT2D eigenvalue weighted by Crippen LogP contribution is 2.51. The van der Waals surface area contributed by atoms with E-state index >= 15 is 0 Å². The second-order valence-electron chi connectivity index (χ2n) is 16.3. The summed E-state index contributed by atoms with van der Waals surface area (Å²) >= 11 is 0. The lowest BCUT2D eigenvalue weighted by Gasteiger charge is -2.12. The lowest BCUT2D eigenvalue weighted by molar-refractivity contribution is 1.70. The molecule has 0 aliphatic heterocycles. The van der Waals surface area contributed by atoms with Crippen molar-refractivity contribution < 1.29 is 0 Å². The Balaban J connectivity index is 0.0000000917. The highest BCUT2D eigenvalue weighted by Gasteiger charge is 2.23. The fourth-order valence-electron chi connectivity index (χ4n) is 10.00. The Morgan fingerprint density at radius 1 is 0.145 bits per heavy atom. The van der Waals surface area contributed by atoms with Gasteiger partial charge in [0.05, 0.1) is 0 Å². The zero-order valence-corrected chi connectivity index (χ0v) is 34.1. The van der Waals surface area contributed by atoms with E-state index in [0.29, 0.717) is 0 Å². The SMILES string of the molecule is c1cc2ccc3cccc4ccc(c1)c2c34.c1ccc2c(c1)-c1ccc3ccc4cccc5cc-2c1c3c45.c1ccc2c(c1)ccc1ccccc12.c1ccc2ccccc2c1. The van der Waals surface area contributed by atoms with Gasteiger partial charge in [-0.1, -0.05) is 237 Å². The van der Waals surface area contributed by atoms with Crippen LogP contribution in [0.5, 0.6) is 0 Å².